The molecule has 33 heavy (non-hydrogen) atoms. The zero-order valence-electron chi connectivity index (χ0n) is 18.6. The molecular formula is C26H26N2O5. The molecule has 2 aromatic carbocycles. The number of ether oxygens (including phenoxy) is 1. The van der Waals surface area contributed by atoms with Crippen molar-refractivity contribution in [3.05, 3.63) is 77.9 Å². The molecule has 0 spiro atoms. The molecular weight excluding hydrogens is 420 g/mol. The molecule has 0 unspecified atom stereocenters. The van der Waals surface area contributed by atoms with Crippen molar-refractivity contribution in [2.75, 3.05) is 11.5 Å². The number of amides is 3. The van der Waals surface area contributed by atoms with Gasteiger partial charge >= 0.3 is 5.97 Å². The summed E-state index contributed by atoms with van der Waals surface area (Å²) in [5, 5.41) is 2.78. The van der Waals surface area contributed by atoms with Gasteiger partial charge in [0, 0.05) is 0 Å². The van der Waals surface area contributed by atoms with Gasteiger partial charge in [-0.15, -0.1) is 0 Å². The summed E-state index contributed by atoms with van der Waals surface area (Å²) < 4.78 is 5.12. The Balaban J connectivity index is 1.34. The van der Waals surface area contributed by atoms with Crippen LogP contribution >= 0.6 is 0 Å². The number of anilines is 1. The molecule has 3 amide bonds. The lowest BCUT2D eigenvalue weighted by Crippen LogP contribution is -2.31. The number of carbonyl (C=O) groups is 4. The maximum atomic E-state index is 12.9. The van der Waals surface area contributed by atoms with Crippen molar-refractivity contribution in [1.82, 2.24) is 5.32 Å². The average molecular weight is 447 g/mol. The Morgan fingerprint density at radius 2 is 1.76 bits per heavy atom. The molecule has 0 aromatic heterocycles. The molecule has 1 saturated heterocycles. The number of esters is 1. The number of allylic oxidation sites excluding steroid dienone is 2. The summed E-state index contributed by atoms with van der Waals surface area (Å²) in [5.74, 6) is -2.15. The molecule has 1 fully saturated rings. The first-order chi connectivity index (χ1) is 15.9. The van der Waals surface area contributed by atoms with E-state index in [0.29, 0.717) is 12.1 Å². The molecule has 1 heterocycles. The van der Waals surface area contributed by atoms with Crippen molar-refractivity contribution in [3.63, 3.8) is 0 Å². The number of nitrogens with one attached hydrogen (secondary N) is 1. The van der Waals surface area contributed by atoms with Crippen molar-refractivity contribution in [1.29, 1.82) is 0 Å². The fourth-order valence-electron chi connectivity index (χ4n) is 4.47. The van der Waals surface area contributed by atoms with Crippen molar-refractivity contribution in [2.45, 2.75) is 26.3 Å². The van der Waals surface area contributed by atoms with Crippen LogP contribution in [0.4, 0.5) is 5.69 Å². The fourth-order valence-corrected chi connectivity index (χ4v) is 4.47. The molecule has 4 rings (SSSR count). The van der Waals surface area contributed by atoms with Gasteiger partial charge in [-0.25, -0.2) is 4.79 Å². The lowest BCUT2D eigenvalue weighted by Gasteiger charge is -2.22. The molecule has 2 aromatic rings. The second-order valence-electron chi connectivity index (χ2n) is 8.49. The minimum Gasteiger partial charge on any atom is -0.452 e. The SMILES string of the molecule is C[C@H](NC(=O)COC(=O)c1ccc(N2C(=O)[C@H]3[C@H](C)C=CC[C@H]3C2=O)cc1)c1ccccc1. The molecule has 1 aliphatic carbocycles. The van der Waals surface area contributed by atoms with E-state index < -0.39 is 18.5 Å². The Kier molecular flexibility index (Phi) is 6.40. The van der Waals surface area contributed by atoms with E-state index >= 15 is 0 Å². The summed E-state index contributed by atoms with van der Waals surface area (Å²) in [5.41, 5.74) is 1.61. The van der Waals surface area contributed by atoms with Gasteiger partial charge in [0.25, 0.3) is 5.91 Å². The molecule has 0 saturated carbocycles. The smallest absolute Gasteiger partial charge is 0.338 e. The Hall–Kier alpha value is -3.74. The van der Waals surface area contributed by atoms with Crippen LogP contribution in [0.3, 0.4) is 0 Å². The van der Waals surface area contributed by atoms with E-state index in [4.69, 9.17) is 4.74 Å². The minimum atomic E-state index is -0.658. The Labute approximate surface area is 192 Å². The Bertz CT molecular complexity index is 1090. The quantitative estimate of drug-likeness (QED) is 0.417. The predicted molar refractivity (Wildman–Crippen MR) is 122 cm³/mol. The van der Waals surface area contributed by atoms with Gasteiger partial charge in [-0.1, -0.05) is 49.4 Å². The van der Waals surface area contributed by atoms with Crippen LogP contribution in [0.5, 0.6) is 0 Å². The first-order valence-corrected chi connectivity index (χ1v) is 11.0. The highest BCUT2D eigenvalue weighted by atomic mass is 16.5. The number of carbonyl (C=O) groups excluding carboxylic acids is 4. The second-order valence-corrected chi connectivity index (χ2v) is 8.49. The van der Waals surface area contributed by atoms with Crippen LogP contribution in [-0.4, -0.2) is 30.3 Å². The van der Waals surface area contributed by atoms with E-state index in [9.17, 15) is 19.2 Å². The molecule has 1 N–H and O–H groups in total. The number of fused-ring (bicyclic) bond motifs is 1. The highest BCUT2D eigenvalue weighted by Gasteiger charge is 2.50. The number of imide groups is 1. The summed E-state index contributed by atoms with van der Waals surface area (Å²) in [6.07, 6.45) is 4.49. The van der Waals surface area contributed by atoms with Gasteiger partial charge in [0.15, 0.2) is 6.61 Å². The Morgan fingerprint density at radius 3 is 2.42 bits per heavy atom. The second kappa shape index (κ2) is 9.40. The van der Waals surface area contributed by atoms with Gasteiger partial charge in [0.05, 0.1) is 29.1 Å². The predicted octanol–water partition coefficient (Wildman–Crippen LogP) is 3.42. The van der Waals surface area contributed by atoms with Crippen LogP contribution < -0.4 is 10.2 Å². The number of benzene rings is 2. The zero-order chi connectivity index (χ0) is 23.5. The maximum Gasteiger partial charge on any atom is 0.338 e. The summed E-state index contributed by atoms with van der Waals surface area (Å²) in [4.78, 5) is 51.4. The molecule has 7 nitrogen and oxygen atoms in total. The fraction of sp³-hybridized carbons (Fsp3) is 0.308. The summed E-state index contributed by atoms with van der Waals surface area (Å²) in [6, 6.07) is 15.4. The van der Waals surface area contributed by atoms with Crippen LogP contribution in [0.25, 0.3) is 0 Å². The van der Waals surface area contributed by atoms with Crippen LogP contribution in [0.1, 0.15) is 42.2 Å². The van der Waals surface area contributed by atoms with Gasteiger partial charge in [0.1, 0.15) is 0 Å². The van der Waals surface area contributed by atoms with E-state index in [2.05, 4.69) is 5.32 Å². The molecule has 0 bridgehead atoms. The number of hydrogen-bond donors (Lipinski definition) is 1. The summed E-state index contributed by atoms with van der Waals surface area (Å²) in [6.45, 7) is 3.38. The van der Waals surface area contributed by atoms with E-state index in [1.807, 2.05) is 56.3 Å². The monoisotopic (exact) mass is 446 g/mol. The number of hydrogen-bond acceptors (Lipinski definition) is 5. The highest BCUT2D eigenvalue weighted by Crippen LogP contribution is 2.40. The number of rotatable bonds is 6. The maximum absolute atomic E-state index is 12.9. The van der Waals surface area contributed by atoms with Crippen molar-refractivity contribution in [2.24, 2.45) is 17.8 Å². The molecule has 170 valence electrons. The van der Waals surface area contributed by atoms with Gasteiger partial charge in [-0.2, -0.15) is 0 Å². The third-order valence-electron chi connectivity index (χ3n) is 6.25. The zero-order valence-corrected chi connectivity index (χ0v) is 18.6. The normalized spacial score (nSPS) is 22.6. The first-order valence-electron chi connectivity index (χ1n) is 11.0. The number of nitrogens with zero attached hydrogens (tertiary/aromatic N) is 1. The van der Waals surface area contributed by atoms with E-state index in [0.717, 1.165) is 5.56 Å². The molecule has 7 heteroatoms. The van der Waals surface area contributed by atoms with Crippen LogP contribution in [-0.2, 0) is 19.1 Å². The van der Waals surface area contributed by atoms with Crippen LogP contribution in [0.15, 0.2) is 66.7 Å². The van der Waals surface area contributed by atoms with Gasteiger partial charge in [0.2, 0.25) is 11.8 Å². The summed E-state index contributed by atoms with van der Waals surface area (Å²) in [7, 11) is 0. The standard InChI is InChI=1S/C26H26N2O5/c1-16-7-6-10-21-23(16)25(31)28(24(21)30)20-13-11-19(12-14-20)26(32)33-15-22(29)27-17(2)18-8-4-3-5-9-18/h3-9,11-14,16-17,21,23H,10,15H2,1-2H3,(H,27,29)/t16-,17+,21-,23+/m1/s1. The van der Waals surface area contributed by atoms with Gasteiger partial charge < -0.3 is 10.1 Å². The van der Waals surface area contributed by atoms with Crippen molar-refractivity contribution >= 4 is 29.4 Å². The highest BCUT2D eigenvalue weighted by molar-refractivity contribution is 6.22. The molecule has 1 aliphatic heterocycles. The van der Waals surface area contributed by atoms with E-state index in [-0.39, 0.29) is 41.2 Å². The minimum absolute atomic E-state index is 0.00945. The first kappa shape index (κ1) is 22.5. The molecule has 2 aliphatic rings. The Morgan fingerprint density at radius 1 is 1.06 bits per heavy atom. The van der Waals surface area contributed by atoms with E-state index in [1.165, 1.54) is 17.0 Å². The third kappa shape index (κ3) is 4.58. The lowest BCUT2D eigenvalue weighted by atomic mass is 9.78. The largest absolute Gasteiger partial charge is 0.452 e. The van der Waals surface area contributed by atoms with Crippen LogP contribution in [0.2, 0.25) is 0 Å². The summed E-state index contributed by atoms with van der Waals surface area (Å²) >= 11 is 0. The molecule has 4 atom stereocenters. The third-order valence-corrected chi connectivity index (χ3v) is 6.25. The van der Waals surface area contributed by atoms with Crippen molar-refractivity contribution in [3.8, 4) is 0 Å². The molecule has 0 radical (unpaired) electrons. The van der Waals surface area contributed by atoms with Gasteiger partial charge in [-0.05, 0) is 49.1 Å². The van der Waals surface area contributed by atoms with Crippen molar-refractivity contribution < 1.29 is 23.9 Å². The van der Waals surface area contributed by atoms with E-state index in [1.54, 1.807) is 12.1 Å². The van der Waals surface area contributed by atoms with Crippen LogP contribution in [0, 0.1) is 17.8 Å². The lowest BCUT2D eigenvalue weighted by molar-refractivity contribution is -0.125. The van der Waals surface area contributed by atoms with Gasteiger partial charge in [-0.3, -0.25) is 19.3 Å². The topological polar surface area (TPSA) is 92.8 Å². The average Bonchev–Trinajstić information content (AvgIpc) is 3.09.